The second kappa shape index (κ2) is 5.59. The van der Waals surface area contributed by atoms with E-state index in [4.69, 9.17) is 0 Å². The molecule has 2 atom stereocenters. The van der Waals surface area contributed by atoms with E-state index < -0.39 is 0 Å². The molecule has 2 unspecified atom stereocenters. The van der Waals surface area contributed by atoms with Gasteiger partial charge in [-0.3, -0.25) is 4.79 Å². The molecule has 2 aliphatic heterocycles. The summed E-state index contributed by atoms with van der Waals surface area (Å²) in [5.74, 6) is 0.249. The Labute approximate surface area is 118 Å². The zero-order valence-corrected chi connectivity index (χ0v) is 12.1. The number of carbonyl (C=O) groups is 1. The lowest BCUT2D eigenvalue weighted by molar-refractivity contribution is 0.0685. The van der Waals surface area contributed by atoms with Crippen LogP contribution in [0.4, 0.5) is 0 Å². The molecule has 3 nitrogen and oxygen atoms in total. The summed E-state index contributed by atoms with van der Waals surface area (Å²) in [6.45, 7) is 4.07. The lowest BCUT2D eigenvalue weighted by Gasteiger charge is -2.27. The zero-order chi connectivity index (χ0) is 11.8. The number of halogens is 1. The minimum absolute atomic E-state index is 0. The summed E-state index contributed by atoms with van der Waals surface area (Å²) in [6.07, 6.45) is 3.45. The van der Waals surface area contributed by atoms with E-state index in [9.17, 15) is 4.79 Å². The summed E-state index contributed by atoms with van der Waals surface area (Å²) in [6, 6.07) is 4.89. The second-order valence-corrected chi connectivity index (χ2v) is 6.29. The van der Waals surface area contributed by atoms with Gasteiger partial charge in [-0.05, 0) is 44.9 Å². The maximum Gasteiger partial charge on any atom is 0.264 e. The van der Waals surface area contributed by atoms with E-state index in [0.717, 1.165) is 30.8 Å². The van der Waals surface area contributed by atoms with Crippen molar-refractivity contribution in [3.63, 3.8) is 0 Å². The Balaban J connectivity index is 0.00000120. The highest BCUT2D eigenvalue weighted by molar-refractivity contribution is 7.13. The molecule has 3 heterocycles. The molecule has 2 fully saturated rings. The molecule has 100 valence electrons. The van der Waals surface area contributed by atoms with Gasteiger partial charge in [0.15, 0.2) is 0 Å². The predicted octanol–water partition coefficient (Wildman–Crippen LogP) is 2.44. The SMILES string of the molecule is Cc1ccc(C(=O)N2C3CCNCC2CC3)s1.Cl. The first-order valence-electron chi connectivity index (χ1n) is 6.35. The van der Waals surface area contributed by atoms with Crippen LogP contribution in [0.1, 0.15) is 33.8 Å². The van der Waals surface area contributed by atoms with E-state index in [1.54, 1.807) is 11.3 Å². The zero-order valence-electron chi connectivity index (χ0n) is 10.5. The van der Waals surface area contributed by atoms with Crippen molar-refractivity contribution >= 4 is 29.7 Å². The van der Waals surface area contributed by atoms with Gasteiger partial charge in [-0.2, -0.15) is 0 Å². The molecule has 1 aromatic heterocycles. The Morgan fingerprint density at radius 2 is 2.11 bits per heavy atom. The van der Waals surface area contributed by atoms with Crippen molar-refractivity contribution in [3.8, 4) is 0 Å². The van der Waals surface area contributed by atoms with E-state index in [1.807, 2.05) is 12.1 Å². The van der Waals surface area contributed by atoms with Crippen LogP contribution in [0.2, 0.25) is 0 Å². The van der Waals surface area contributed by atoms with Crippen LogP contribution in [0, 0.1) is 6.92 Å². The summed E-state index contributed by atoms with van der Waals surface area (Å²) < 4.78 is 0. The number of hydrogen-bond donors (Lipinski definition) is 1. The van der Waals surface area contributed by atoms with Gasteiger partial charge in [-0.15, -0.1) is 23.7 Å². The molecule has 2 saturated heterocycles. The van der Waals surface area contributed by atoms with E-state index in [1.165, 1.54) is 11.3 Å². The van der Waals surface area contributed by atoms with Gasteiger partial charge in [-0.1, -0.05) is 0 Å². The van der Waals surface area contributed by atoms with Gasteiger partial charge in [0.25, 0.3) is 5.91 Å². The molecule has 0 aromatic carbocycles. The van der Waals surface area contributed by atoms with E-state index >= 15 is 0 Å². The van der Waals surface area contributed by atoms with Crippen LogP contribution in [-0.4, -0.2) is 36.0 Å². The number of rotatable bonds is 1. The highest BCUT2D eigenvalue weighted by Gasteiger charge is 2.38. The van der Waals surface area contributed by atoms with E-state index in [0.29, 0.717) is 12.1 Å². The summed E-state index contributed by atoms with van der Waals surface area (Å²) in [4.78, 5) is 16.8. The summed E-state index contributed by atoms with van der Waals surface area (Å²) >= 11 is 1.62. The lowest BCUT2D eigenvalue weighted by Crippen LogP contribution is -2.42. The minimum atomic E-state index is 0. The number of nitrogens with one attached hydrogen (secondary N) is 1. The summed E-state index contributed by atoms with van der Waals surface area (Å²) in [5, 5.41) is 3.43. The van der Waals surface area contributed by atoms with Crippen LogP contribution < -0.4 is 5.32 Å². The molecule has 1 N–H and O–H groups in total. The number of carbonyl (C=O) groups excluding carboxylic acids is 1. The molecular formula is C13H19ClN2OS. The van der Waals surface area contributed by atoms with Crippen molar-refractivity contribution in [2.75, 3.05) is 13.1 Å². The smallest absolute Gasteiger partial charge is 0.264 e. The molecule has 0 saturated carbocycles. The number of amides is 1. The molecule has 0 aliphatic carbocycles. The van der Waals surface area contributed by atoms with Gasteiger partial charge in [0.2, 0.25) is 0 Å². The molecule has 2 aliphatic rings. The standard InChI is InChI=1S/C13H18N2OS.ClH/c1-9-2-5-12(17-9)13(16)15-10-3-4-11(15)8-14-7-6-10;/h2,5,10-11,14H,3-4,6-8H2,1H3;1H. The number of thiophene rings is 1. The fourth-order valence-electron chi connectivity index (χ4n) is 2.99. The third kappa shape index (κ3) is 2.42. The molecule has 0 radical (unpaired) electrons. The van der Waals surface area contributed by atoms with Crippen molar-refractivity contribution in [2.45, 2.75) is 38.3 Å². The number of aryl methyl sites for hydroxylation is 1. The molecule has 3 rings (SSSR count). The average Bonchev–Trinajstić information content (AvgIpc) is 2.81. The molecule has 5 heteroatoms. The second-order valence-electron chi connectivity index (χ2n) is 5.00. The molecule has 18 heavy (non-hydrogen) atoms. The molecule has 2 bridgehead atoms. The van der Waals surface area contributed by atoms with Gasteiger partial charge >= 0.3 is 0 Å². The van der Waals surface area contributed by atoms with Gasteiger partial charge in [0.05, 0.1) is 4.88 Å². The Morgan fingerprint density at radius 1 is 1.33 bits per heavy atom. The van der Waals surface area contributed by atoms with Crippen molar-refractivity contribution in [1.82, 2.24) is 10.2 Å². The lowest BCUT2D eigenvalue weighted by atomic mass is 10.1. The monoisotopic (exact) mass is 286 g/mol. The highest BCUT2D eigenvalue weighted by atomic mass is 35.5. The predicted molar refractivity (Wildman–Crippen MR) is 76.8 cm³/mol. The first-order valence-corrected chi connectivity index (χ1v) is 7.17. The van der Waals surface area contributed by atoms with Crippen molar-refractivity contribution in [1.29, 1.82) is 0 Å². The normalized spacial score (nSPS) is 26.6. The van der Waals surface area contributed by atoms with E-state index in [2.05, 4.69) is 17.1 Å². The van der Waals surface area contributed by atoms with Crippen molar-refractivity contribution in [2.24, 2.45) is 0 Å². The Morgan fingerprint density at radius 3 is 2.83 bits per heavy atom. The summed E-state index contributed by atoms with van der Waals surface area (Å²) in [7, 11) is 0. The van der Waals surface area contributed by atoms with Crippen LogP contribution >= 0.6 is 23.7 Å². The quantitative estimate of drug-likeness (QED) is 0.860. The highest BCUT2D eigenvalue weighted by Crippen LogP contribution is 2.30. The van der Waals surface area contributed by atoms with Crippen molar-refractivity contribution < 1.29 is 4.79 Å². The van der Waals surface area contributed by atoms with Crippen LogP contribution in [-0.2, 0) is 0 Å². The number of hydrogen-bond acceptors (Lipinski definition) is 3. The van der Waals surface area contributed by atoms with Gasteiger partial charge < -0.3 is 10.2 Å². The fraction of sp³-hybridized carbons (Fsp3) is 0.615. The first-order chi connectivity index (χ1) is 8.25. The van der Waals surface area contributed by atoms with Crippen LogP contribution in [0.25, 0.3) is 0 Å². The molecule has 0 spiro atoms. The van der Waals surface area contributed by atoms with Crippen LogP contribution in [0.5, 0.6) is 0 Å². The van der Waals surface area contributed by atoms with Crippen LogP contribution in [0.15, 0.2) is 12.1 Å². The number of fused-ring (bicyclic) bond motifs is 2. The average molecular weight is 287 g/mol. The van der Waals surface area contributed by atoms with Gasteiger partial charge in [0.1, 0.15) is 0 Å². The largest absolute Gasteiger partial charge is 0.331 e. The molecular weight excluding hydrogens is 268 g/mol. The Hall–Kier alpha value is -0.580. The molecule has 1 amide bonds. The van der Waals surface area contributed by atoms with E-state index in [-0.39, 0.29) is 18.3 Å². The Bertz CT molecular complexity index is 420. The maximum absolute atomic E-state index is 12.5. The van der Waals surface area contributed by atoms with Crippen LogP contribution in [0.3, 0.4) is 0 Å². The first kappa shape index (κ1) is 13.8. The maximum atomic E-state index is 12.5. The Kier molecular flexibility index (Phi) is 4.30. The topological polar surface area (TPSA) is 32.3 Å². The summed E-state index contributed by atoms with van der Waals surface area (Å²) in [5.41, 5.74) is 0. The van der Waals surface area contributed by atoms with Gasteiger partial charge in [-0.25, -0.2) is 0 Å². The molecule has 1 aromatic rings. The fourth-order valence-corrected chi connectivity index (χ4v) is 3.80. The van der Waals surface area contributed by atoms with Gasteiger partial charge in [0, 0.05) is 23.5 Å². The third-order valence-electron chi connectivity index (χ3n) is 3.84. The van der Waals surface area contributed by atoms with Crippen molar-refractivity contribution in [3.05, 3.63) is 21.9 Å². The number of nitrogens with zero attached hydrogens (tertiary/aromatic N) is 1. The minimum Gasteiger partial charge on any atom is -0.331 e. The third-order valence-corrected chi connectivity index (χ3v) is 4.83.